The second kappa shape index (κ2) is 6.75. The van der Waals surface area contributed by atoms with Crippen LogP contribution in [-0.4, -0.2) is 48.5 Å². The summed E-state index contributed by atoms with van der Waals surface area (Å²) in [6.07, 6.45) is 4.29. The maximum absolute atomic E-state index is 12.4. The predicted molar refractivity (Wildman–Crippen MR) is 75.1 cm³/mol. The molecule has 1 fully saturated rings. The number of likely N-dealkylation sites (N-methyl/N-ethyl adjacent to an activating group) is 1. The molecule has 0 aromatic carbocycles. The molecular weight excluding hydrogens is 244 g/mol. The molecule has 0 saturated heterocycles. The van der Waals surface area contributed by atoms with Crippen molar-refractivity contribution in [2.24, 2.45) is 16.3 Å². The number of oxime groups is 1. The highest BCUT2D eigenvalue weighted by molar-refractivity contribution is 6.06. The fourth-order valence-corrected chi connectivity index (χ4v) is 2.44. The monoisotopic (exact) mass is 270 g/mol. The minimum Gasteiger partial charge on any atom is -0.409 e. The number of hydrogen-bond acceptors (Lipinski definition) is 4. The summed E-state index contributed by atoms with van der Waals surface area (Å²) in [6.45, 7) is 2.60. The van der Waals surface area contributed by atoms with E-state index in [1.54, 1.807) is 0 Å². The van der Waals surface area contributed by atoms with Crippen LogP contribution in [0.1, 0.15) is 39.0 Å². The number of rotatable bonds is 5. The van der Waals surface area contributed by atoms with Crippen molar-refractivity contribution in [3.63, 3.8) is 0 Å². The largest absolute Gasteiger partial charge is 0.409 e. The van der Waals surface area contributed by atoms with Crippen molar-refractivity contribution in [1.29, 1.82) is 0 Å². The highest BCUT2D eigenvalue weighted by atomic mass is 16.4. The summed E-state index contributed by atoms with van der Waals surface area (Å²) in [5.41, 5.74) is 4.96. The van der Waals surface area contributed by atoms with Gasteiger partial charge >= 0.3 is 0 Å². The van der Waals surface area contributed by atoms with E-state index < -0.39 is 5.41 Å². The van der Waals surface area contributed by atoms with Crippen molar-refractivity contribution in [2.75, 3.05) is 20.6 Å². The number of nitrogens with zero attached hydrogens (tertiary/aromatic N) is 2. The highest BCUT2D eigenvalue weighted by Gasteiger charge is 2.43. The van der Waals surface area contributed by atoms with Gasteiger partial charge in [-0.05, 0) is 33.9 Å². The number of nitrogens with one attached hydrogen (secondary N) is 1. The number of nitrogens with two attached hydrogens (primary N) is 1. The van der Waals surface area contributed by atoms with Gasteiger partial charge in [0, 0.05) is 12.6 Å². The molecule has 110 valence electrons. The van der Waals surface area contributed by atoms with Crippen LogP contribution in [-0.2, 0) is 4.79 Å². The molecule has 1 amide bonds. The van der Waals surface area contributed by atoms with Crippen molar-refractivity contribution < 1.29 is 10.0 Å². The Balaban J connectivity index is 2.73. The summed E-state index contributed by atoms with van der Waals surface area (Å²) >= 11 is 0. The Kier molecular flexibility index (Phi) is 5.60. The van der Waals surface area contributed by atoms with Gasteiger partial charge in [-0.1, -0.05) is 24.4 Å². The van der Waals surface area contributed by atoms with Crippen LogP contribution in [0.25, 0.3) is 0 Å². The molecule has 1 aliphatic rings. The van der Waals surface area contributed by atoms with Crippen LogP contribution in [0.5, 0.6) is 0 Å². The normalized spacial score (nSPS) is 21.2. The molecule has 6 nitrogen and oxygen atoms in total. The average molecular weight is 270 g/mol. The number of hydrogen-bond donors (Lipinski definition) is 3. The highest BCUT2D eigenvalue weighted by Crippen LogP contribution is 2.36. The fourth-order valence-electron chi connectivity index (χ4n) is 2.44. The van der Waals surface area contributed by atoms with Crippen LogP contribution in [0, 0.1) is 5.41 Å². The van der Waals surface area contributed by atoms with Gasteiger partial charge in [0.05, 0.1) is 0 Å². The Hall–Kier alpha value is -1.30. The van der Waals surface area contributed by atoms with Gasteiger partial charge in [0.1, 0.15) is 5.41 Å². The number of amides is 1. The summed E-state index contributed by atoms with van der Waals surface area (Å²) in [7, 11) is 3.94. The lowest BCUT2D eigenvalue weighted by atomic mass is 9.72. The van der Waals surface area contributed by atoms with Gasteiger partial charge < -0.3 is 21.2 Å². The molecule has 1 atom stereocenters. The molecule has 19 heavy (non-hydrogen) atoms. The van der Waals surface area contributed by atoms with Crippen molar-refractivity contribution in [2.45, 2.75) is 45.1 Å². The molecule has 0 bridgehead atoms. The summed E-state index contributed by atoms with van der Waals surface area (Å²) in [5.74, 6) is -0.0709. The molecule has 1 unspecified atom stereocenters. The fraction of sp³-hybridized carbons (Fsp3) is 0.846. The summed E-state index contributed by atoms with van der Waals surface area (Å²) in [6, 6.07) is 0.247. The second-order valence-corrected chi connectivity index (χ2v) is 5.65. The molecule has 0 aliphatic heterocycles. The van der Waals surface area contributed by atoms with E-state index in [1.165, 1.54) is 0 Å². The molecule has 1 rings (SSSR count). The zero-order valence-electron chi connectivity index (χ0n) is 12.1. The first-order chi connectivity index (χ1) is 8.94. The van der Waals surface area contributed by atoms with E-state index in [1.807, 2.05) is 25.9 Å². The van der Waals surface area contributed by atoms with E-state index >= 15 is 0 Å². The molecule has 0 aromatic rings. The SMILES string of the molecule is CC(CNC(=O)C1(C(N)=NO)CCCCC1)N(C)C. The number of carbonyl (C=O) groups excluding carboxylic acids is 1. The van der Waals surface area contributed by atoms with Gasteiger partial charge in [-0.3, -0.25) is 4.79 Å². The van der Waals surface area contributed by atoms with E-state index in [2.05, 4.69) is 10.5 Å². The van der Waals surface area contributed by atoms with Crippen molar-refractivity contribution in [1.82, 2.24) is 10.2 Å². The Morgan fingerprint density at radius 1 is 1.42 bits per heavy atom. The molecule has 1 saturated carbocycles. The van der Waals surface area contributed by atoms with Gasteiger partial charge in [0.25, 0.3) is 0 Å². The Morgan fingerprint density at radius 2 is 2.00 bits per heavy atom. The van der Waals surface area contributed by atoms with E-state index in [0.717, 1.165) is 19.3 Å². The molecule has 1 aliphatic carbocycles. The molecule has 0 radical (unpaired) electrons. The van der Waals surface area contributed by atoms with Gasteiger partial charge in [-0.2, -0.15) is 0 Å². The summed E-state index contributed by atoms with van der Waals surface area (Å²) < 4.78 is 0. The minimum atomic E-state index is -0.820. The van der Waals surface area contributed by atoms with Crippen LogP contribution in [0.15, 0.2) is 5.16 Å². The zero-order valence-corrected chi connectivity index (χ0v) is 12.1. The van der Waals surface area contributed by atoms with Crippen LogP contribution < -0.4 is 11.1 Å². The predicted octanol–water partition coefficient (Wildman–Crippen LogP) is 0.750. The molecular formula is C13H26N4O2. The van der Waals surface area contributed by atoms with Crippen molar-refractivity contribution >= 4 is 11.7 Å². The standard InChI is InChI=1S/C13H26N4O2/c1-10(17(2)3)9-15-12(18)13(11(14)16-19)7-5-4-6-8-13/h10,19H,4-9H2,1-3H3,(H2,14,16)(H,15,18). The third-order valence-electron chi connectivity index (χ3n) is 4.18. The molecule has 4 N–H and O–H groups in total. The lowest BCUT2D eigenvalue weighted by molar-refractivity contribution is -0.129. The number of carbonyl (C=O) groups is 1. The van der Waals surface area contributed by atoms with Gasteiger partial charge in [-0.15, -0.1) is 0 Å². The first-order valence-electron chi connectivity index (χ1n) is 6.87. The van der Waals surface area contributed by atoms with E-state index in [9.17, 15) is 4.79 Å². The first-order valence-corrected chi connectivity index (χ1v) is 6.87. The van der Waals surface area contributed by atoms with Gasteiger partial charge in [0.15, 0.2) is 5.84 Å². The van der Waals surface area contributed by atoms with Crippen molar-refractivity contribution in [3.8, 4) is 0 Å². The Bertz CT molecular complexity index is 336. The number of amidine groups is 1. The quantitative estimate of drug-likeness (QED) is 0.297. The smallest absolute Gasteiger partial charge is 0.234 e. The summed E-state index contributed by atoms with van der Waals surface area (Å²) in [4.78, 5) is 14.5. The third-order valence-corrected chi connectivity index (χ3v) is 4.18. The van der Waals surface area contributed by atoms with Crippen molar-refractivity contribution in [3.05, 3.63) is 0 Å². The van der Waals surface area contributed by atoms with Gasteiger partial charge in [0.2, 0.25) is 5.91 Å². The van der Waals surface area contributed by atoms with E-state index in [-0.39, 0.29) is 17.8 Å². The lowest BCUT2D eigenvalue weighted by Gasteiger charge is -2.35. The average Bonchev–Trinajstić information content (AvgIpc) is 2.43. The van der Waals surface area contributed by atoms with Crippen LogP contribution in [0.2, 0.25) is 0 Å². The summed E-state index contributed by atoms with van der Waals surface area (Å²) in [5, 5.41) is 15.0. The van der Waals surface area contributed by atoms with E-state index in [4.69, 9.17) is 10.9 Å². The first kappa shape index (κ1) is 15.8. The maximum Gasteiger partial charge on any atom is 0.234 e. The van der Waals surface area contributed by atoms with E-state index in [0.29, 0.717) is 19.4 Å². The second-order valence-electron chi connectivity index (χ2n) is 5.65. The topological polar surface area (TPSA) is 91.0 Å². The van der Waals surface area contributed by atoms with Crippen LogP contribution >= 0.6 is 0 Å². The third kappa shape index (κ3) is 3.59. The minimum absolute atomic E-state index is 0.0437. The maximum atomic E-state index is 12.4. The van der Waals surface area contributed by atoms with Crippen LogP contribution in [0.4, 0.5) is 0 Å². The zero-order chi connectivity index (χ0) is 14.5. The molecule has 6 heteroatoms. The Morgan fingerprint density at radius 3 is 2.47 bits per heavy atom. The Labute approximate surface area is 115 Å². The lowest BCUT2D eigenvalue weighted by Crippen LogP contribution is -2.52. The van der Waals surface area contributed by atoms with Gasteiger partial charge in [-0.25, -0.2) is 0 Å². The molecule has 0 aromatic heterocycles. The molecule has 0 spiro atoms. The van der Waals surface area contributed by atoms with Crippen LogP contribution in [0.3, 0.4) is 0 Å². The molecule has 0 heterocycles.